The third-order valence-corrected chi connectivity index (χ3v) is 9.23. The highest BCUT2D eigenvalue weighted by atomic mass is 35.5. The molecule has 7 nitrogen and oxygen atoms in total. The Morgan fingerprint density at radius 1 is 0.952 bits per heavy atom. The Kier molecular flexibility index (Phi) is 10.6. The molecule has 0 radical (unpaired) electrons. The molecule has 224 valence electrons. The van der Waals surface area contributed by atoms with Gasteiger partial charge in [-0.2, -0.15) is 0 Å². The van der Waals surface area contributed by atoms with E-state index in [2.05, 4.69) is 5.32 Å². The Hall–Kier alpha value is -3.07. The number of rotatable bonds is 11. The van der Waals surface area contributed by atoms with E-state index in [0.29, 0.717) is 21.3 Å². The van der Waals surface area contributed by atoms with Crippen molar-refractivity contribution in [2.75, 3.05) is 17.1 Å². The highest BCUT2D eigenvalue weighted by Gasteiger charge is 2.34. The second-order valence-electron chi connectivity index (χ2n) is 11.1. The Labute approximate surface area is 258 Å². The van der Waals surface area contributed by atoms with Gasteiger partial charge in [0.1, 0.15) is 12.6 Å². The molecular weight excluding hydrogens is 593 g/mol. The highest BCUT2D eigenvalue weighted by Crippen LogP contribution is 2.26. The molecule has 4 rings (SSSR count). The minimum Gasteiger partial charge on any atom is -0.352 e. The smallest absolute Gasteiger partial charge is 0.244 e. The molecule has 1 aliphatic rings. The molecule has 0 saturated heterocycles. The van der Waals surface area contributed by atoms with Crippen molar-refractivity contribution in [2.24, 2.45) is 0 Å². The summed E-state index contributed by atoms with van der Waals surface area (Å²) in [6, 6.07) is 19.0. The van der Waals surface area contributed by atoms with Crippen LogP contribution in [0.2, 0.25) is 10.0 Å². The number of aryl methyl sites for hydroxylation is 2. The topological polar surface area (TPSA) is 86.8 Å². The van der Waals surface area contributed by atoms with Crippen LogP contribution >= 0.6 is 23.2 Å². The van der Waals surface area contributed by atoms with Crippen LogP contribution in [0.15, 0.2) is 66.7 Å². The van der Waals surface area contributed by atoms with Crippen LogP contribution in [0.4, 0.5) is 5.69 Å². The van der Waals surface area contributed by atoms with E-state index in [1.807, 2.05) is 50.2 Å². The number of hydrogen-bond donors (Lipinski definition) is 1. The van der Waals surface area contributed by atoms with Gasteiger partial charge in [0.15, 0.2) is 0 Å². The van der Waals surface area contributed by atoms with Crippen LogP contribution in [-0.2, 0) is 32.6 Å². The van der Waals surface area contributed by atoms with E-state index in [0.717, 1.165) is 52.9 Å². The highest BCUT2D eigenvalue weighted by molar-refractivity contribution is 7.92. The number of nitrogens with one attached hydrogen (secondary N) is 1. The number of carbonyl (C=O) groups is 2. The van der Waals surface area contributed by atoms with Gasteiger partial charge in [0.05, 0.1) is 11.9 Å². The van der Waals surface area contributed by atoms with Crippen molar-refractivity contribution in [1.82, 2.24) is 10.2 Å². The number of halogens is 2. The molecule has 1 aliphatic carbocycles. The summed E-state index contributed by atoms with van der Waals surface area (Å²) < 4.78 is 27.2. The first-order chi connectivity index (χ1) is 19.9. The maximum Gasteiger partial charge on any atom is 0.244 e. The summed E-state index contributed by atoms with van der Waals surface area (Å²) in [6.07, 6.45) is 5.17. The maximum atomic E-state index is 14.3. The van der Waals surface area contributed by atoms with Crippen LogP contribution in [0.5, 0.6) is 0 Å². The van der Waals surface area contributed by atoms with Crippen LogP contribution < -0.4 is 9.62 Å². The van der Waals surface area contributed by atoms with Gasteiger partial charge in [-0.3, -0.25) is 13.9 Å². The van der Waals surface area contributed by atoms with E-state index in [1.165, 1.54) is 4.90 Å². The molecular formula is C32H37Cl2N3O4S. The van der Waals surface area contributed by atoms with Crippen molar-refractivity contribution in [3.05, 3.63) is 99.0 Å². The fourth-order valence-corrected chi connectivity index (χ4v) is 6.76. The van der Waals surface area contributed by atoms with Crippen molar-refractivity contribution in [3.63, 3.8) is 0 Å². The van der Waals surface area contributed by atoms with Gasteiger partial charge in [-0.25, -0.2) is 8.42 Å². The van der Waals surface area contributed by atoms with Crippen LogP contribution in [0.1, 0.15) is 47.9 Å². The van der Waals surface area contributed by atoms with Crippen LogP contribution in [0.25, 0.3) is 0 Å². The molecule has 0 bridgehead atoms. The summed E-state index contributed by atoms with van der Waals surface area (Å²) in [5, 5.41) is 3.95. The normalized spacial score (nSPS) is 14.4. The first-order valence-electron chi connectivity index (χ1n) is 14.0. The van der Waals surface area contributed by atoms with Crippen LogP contribution in [-0.4, -0.2) is 50.0 Å². The summed E-state index contributed by atoms with van der Waals surface area (Å²) in [7, 11) is -3.85. The SMILES string of the molecule is Cc1cc(C)cc(N(CC(=O)N(Cc2ccc(Cl)cc2Cl)C(Cc2ccccc2)C(=O)NC2CCCC2)S(C)(=O)=O)c1. The molecule has 0 heterocycles. The summed E-state index contributed by atoms with van der Waals surface area (Å²) in [6.45, 7) is 3.26. The predicted molar refractivity (Wildman–Crippen MR) is 169 cm³/mol. The molecule has 42 heavy (non-hydrogen) atoms. The van der Waals surface area contributed by atoms with Gasteiger partial charge in [-0.05, 0) is 73.2 Å². The average molecular weight is 631 g/mol. The van der Waals surface area contributed by atoms with E-state index in [9.17, 15) is 18.0 Å². The number of benzene rings is 3. The number of sulfonamides is 1. The molecule has 0 aliphatic heterocycles. The molecule has 3 aromatic carbocycles. The van der Waals surface area contributed by atoms with Gasteiger partial charge in [0, 0.05) is 29.1 Å². The minimum absolute atomic E-state index is 0.00509. The molecule has 10 heteroatoms. The number of nitrogens with zero attached hydrogens (tertiary/aromatic N) is 2. The van der Waals surface area contributed by atoms with E-state index >= 15 is 0 Å². The third kappa shape index (κ3) is 8.49. The van der Waals surface area contributed by atoms with Gasteiger partial charge in [0.2, 0.25) is 21.8 Å². The van der Waals surface area contributed by atoms with Crippen molar-refractivity contribution in [1.29, 1.82) is 0 Å². The number of amides is 2. The lowest BCUT2D eigenvalue weighted by molar-refractivity contribution is -0.140. The molecule has 2 amide bonds. The summed E-state index contributed by atoms with van der Waals surface area (Å²) in [5.41, 5.74) is 3.60. The molecule has 0 aromatic heterocycles. The lowest BCUT2D eigenvalue weighted by Gasteiger charge is -2.34. The first-order valence-corrected chi connectivity index (χ1v) is 16.6. The molecule has 3 aromatic rings. The predicted octanol–water partition coefficient (Wildman–Crippen LogP) is 6.08. The van der Waals surface area contributed by atoms with Gasteiger partial charge in [-0.15, -0.1) is 0 Å². The monoisotopic (exact) mass is 629 g/mol. The Morgan fingerprint density at radius 2 is 1.60 bits per heavy atom. The van der Waals surface area contributed by atoms with E-state index in [4.69, 9.17) is 23.2 Å². The quantitative estimate of drug-likeness (QED) is 0.279. The van der Waals surface area contributed by atoms with Crippen LogP contribution in [0.3, 0.4) is 0 Å². The molecule has 0 spiro atoms. The summed E-state index contributed by atoms with van der Waals surface area (Å²) in [4.78, 5) is 29.7. The van der Waals surface area contributed by atoms with Crippen molar-refractivity contribution in [2.45, 2.75) is 64.6 Å². The van der Waals surface area contributed by atoms with Gasteiger partial charge in [0.25, 0.3) is 0 Å². The standard InChI is InChI=1S/C32H37Cl2N3O4S/c1-22-15-23(2)17-28(16-22)37(42(3,40)41)21-31(38)36(20-25-13-14-26(33)19-29(25)34)30(18-24-9-5-4-6-10-24)32(39)35-27-11-7-8-12-27/h4-6,9-10,13-17,19,27,30H,7-8,11-12,18,20-21H2,1-3H3,(H,35,39). The zero-order valence-electron chi connectivity index (χ0n) is 24.1. The second kappa shape index (κ2) is 13.9. The third-order valence-electron chi connectivity index (χ3n) is 7.50. The fourth-order valence-electron chi connectivity index (χ4n) is 5.46. The first kappa shape index (κ1) is 31.9. The molecule has 1 N–H and O–H groups in total. The van der Waals surface area contributed by atoms with Gasteiger partial charge >= 0.3 is 0 Å². The molecule has 1 saturated carbocycles. The van der Waals surface area contributed by atoms with Gasteiger partial charge < -0.3 is 10.2 Å². The van der Waals surface area contributed by atoms with Crippen molar-refractivity contribution < 1.29 is 18.0 Å². The second-order valence-corrected chi connectivity index (χ2v) is 13.8. The molecule has 1 unspecified atom stereocenters. The summed E-state index contributed by atoms with van der Waals surface area (Å²) >= 11 is 12.7. The fraction of sp³-hybridized carbons (Fsp3) is 0.375. The zero-order chi connectivity index (χ0) is 30.4. The average Bonchev–Trinajstić information content (AvgIpc) is 3.42. The Morgan fingerprint density at radius 3 is 2.19 bits per heavy atom. The minimum atomic E-state index is -3.85. The van der Waals surface area contributed by atoms with E-state index < -0.39 is 28.5 Å². The largest absolute Gasteiger partial charge is 0.352 e. The number of hydrogen-bond acceptors (Lipinski definition) is 4. The Bertz CT molecular complexity index is 1510. The zero-order valence-corrected chi connectivity index (χ0v) is 26.5. The van der Waals surface area contributed by atoms with Crippen LogP contribution in [0, 0.1) is 13.8 Å². The lowest BCUT2D eigenvalue weighted by atomic mass is 10.0. The van der Waals surface area contributed by atoms with Gasteiger partial charge in [-0.1, -0.05) is 78.5 Å². The van der Waals surface area contributed by atoms with Crippen molar-refractivity contribution >= 4 is 50.7 Å². The van der Waals surface area contributed by atoms with E-state index in [-0.39, 0.29) is 24.9 Å². The molecule has 1 atom stereocenters. The number of anilines is 1. The van der Waals surface area contributed by atoms with E-state index in [1.54, 1.807) is 30.3 Å². The summed E-state index contributed by atoms with van der Waals surface area (Å²) in [5.74, 6) is -0.797. The molecule has 1 fully saturated rings. The van der Waals surface area contributed by atoms with Crippen molar-refractivity contribution in [3.8, 4) is 0 Å². The number of carbonyl (C=O) groups excluding carboxylic acids is 2. The Balaban J connectivity index is 1.76. The lowest BCUT2D eigenvalue weighted by Crippen LogP contribution is -2.54. The maximum absolute atomic E-state index is 14.3.